The van der Waals surface area contributed by atoms with Crippen molar-refractivity contribution in [3.63, 3.8) is 0 Å². The molecule has 0 aromatic rings. The van der Waals surface area contributed by atoms with Crippen LogP contribution in [-0.2, 0) is 19.1 Å². The van der Waals surface area contributed by atoms with Crippen molar-refractivity contribution in [1.82, 2.24) is 0 Å². The Morgan fingerprint density at radius 2 is 1.47 bits per heavy atom. The highest BCUT2D eigenvalue weighted by Gasteiger charge is 2.44. The Hall–Kier alpha value is -1.65. The van der Waals surface area contributed by atoms with Gasteiger partial charge in [-0.2, -0.15) is 0 Å². The molecule has 30 heavy (non-hydrogen) atoms. The number of aliphatic carboxylic acids is 1. The average Bonchev–Trinajstić information content (AvgIpc) is 2.61. The van der Waals surface area contributed by atoms with Gasteiger partial charge in [-0.15, -0.1) is 0 Å². The molecule has 0 heterocycles. The maximum Gasteiger partial charge on any atom is 0.320 e. The Balaban J connectivity index is 5.15. The number of unbranched alkanes of at least 4 members (excludes halogenated alkanes) is 5. The van der Waals surface area contributed by atoms with Gasteiger partial charge in [0.25, 0.3) is 0 Å². The first-order valence-corrected chi connectivity index (χ1v) is 11.6. The van der Waals surface area contributed by atoms with E-state index >= 15 is 0 Å². The van der Waals surface area contributed by atoms with Gasteiger partial charge in [-0.3, -0.25) is 14.4 Å². The minimum Gasteiger partial charge on any atom is -0.481 e. The van der Waals surface area contributed by atoms with Crippen LogP contribution < -0.4 is 0 Å². The van der Waals surface area contributed by atoms with E-state index in [-0.39, 0.29) is 12.2 Å². The Bertz CT molecular complexity index is 571. The van der Waals surface area contributed by atoms with Crippen molar-refractivity contribution in [2.75, 3.05) is 0 Å². The molecular formula is C25H44O5. The van der Waals surface area contributed by atoms with Crippen LogP contribution in [0.3, 0.4) is 0 Å². The van der Waals surface area contributed by atoms with Crippen LogP contribution in [0.15, 0.2) is 11.6 Å². The van der Waals surface area contributed by atoms with Crippen molar-refractivity contribution < 1.29 is 24.2 Å². The molecule has 5 nitrogen and oxygen atoms in total. The molecular weight excluding hydrogens is 380 g/mol. The molecule has 5 heteroatoms. The Kier molecular flexibility index (Phi) is 13.6. The van der Waals surface area contributed by atoms with Crippen LogP contribution in [0, 0.1) is 5.41 Å². The summed E-state index contributed by atoms with van der Waals surface area (Å²) in [7, 11) is 0. The zero-order chi connectivity index (χ0) is 23.2. The first-order chi connectivity index (χ1) is 13.9. The number of hydrogen-bond acceptors (Lipinski definition) is 4. The van der Waals surface area contributed by atoms with E-state index in [0.29, 0.717) is 32.1 Å². The molecule has 0 saturated heterocycles. The maximum atomic E-state index is 13.1. The summed E-state index contributed by atoms with van der Waals surface area (Å²) in [6.07, 6.45) is 11.4. The molecule has 0 bridgehead atoms. The molecule has 0 rings (SSSR count). The fourth-order valence-corrected chi connectivity index (χ4v) is 3.58. The lowest BCUT2D eigenvalue weighted by Crippen LogP contribution is -2.42. The fourth-order valence-electron chi connectivity index (χ4n) is 3.58. The van der Waals surface area contributed by atoms with Crippen molar-refractivity contribution in [3.8, 4) is 0 Å². The predicted octanol–water partition coefficient (Wildman–Crippen LogP) is 6.64. The minimum absolute atomic E-state index is 0.140. The number of esters is 1. The number of hydrogen-bond donors (Lipinski definition) is 1. The highest BCUT2D eigenvalue weighted by atomic mass is 16.6. The van der Waals surface area contributed by atoms with Crippen LogP contribution in [0.25, 0.3) is 0 Å². The van der Waals surface area contributed by atoms with E-state index in [4.69, 9.17) is 9.84 Å². The van der Waals surface area contributed by atoms with Crippen molar-refractivity contribution >= 4 is 17.7 Å². The summed E-state index contributed by atoms with van der Waals surface area (Å²) in [6, 6.07) is 0. The first kappa shape index (κ1) is 28.4. The van der Waals surface area contributed by atoms with Gasteiger partial charge in [-0.1, -0.05) is 50.7 Å². The summed E-state index contributed by atoms with van der Waals surface area (Å²) in [5, 5.41) is 8.75. The quantitative estimate of drug-likeness (QED) is 0.130. The van der Waals surface area contributed by atoms with Crippen LogP contribution in [0.2, 0.25) is 0 Å². The minimum atomic E-state index is -1.12. The lowest BCUT2D eigenvalue weighted by atomic mass is 9.75. The third-order valence-corrected chi connectivity index (χ3v) is 5.45. The Morgan fingerprint density at radius 3 is 2.00 bits per heavy atom. The third-order valence-electron chi connectivity index (χ3n) is 5.45. The Labute approximate surface area is 183 Å². The van der Waals surface area contributed by atoms with E-state index in [9.17, 15) is 14.4 Å². The molecule has 0 saturated carbocycles. The smallest absolute Gasteiger partial charge is 0.320 e. The second kappa shape index (κ2) is 14.4. The molecule has 0 amide bonds. The topological polar surface area (TPSA) is 80.7 Å². The molecule has 1 unspecified atom stereocenters. The standard InChI is InChI=1S/C25H44O5/c1-7-8-11-15-20(2)16-14-19-25(21(3)26,23(29)30-24(4,5)6)18-13-10-9-12-17-22(27)28/h16H,7-15,17-19H2,1-6H3,(H,27,28). The summed E-state index contributed by atoms with van der Waals surface area (Å²) >= 11 is 0. The van der Waals surface area contributed by atoms with Gasteiger partial charge in [-0.05, 0) is 73.1 Å². The molecule has 0 aliphatic rings. The van der Waals surface area contributed by atoms with Gasteiger partial charge >= 0.3 is 11.9 Å². The van der Waals surface area contributed by atoms with Crippen molar-refractivity contribution in [2.45, 2.75) is 124 Å². The van der Waals surface area contributed by atoms with Gasteiger partial charge in [0.15, 0.2) is 0 Å². The van der Waals surface area contributed by atoms with Crippen molar-refractivity contribution in [1.29, 1.82) is 0 Å². The van der Waals surface area contributed by atoms with E-state index < -0.39 is 23.0 Å². The van der Waals surface area contributed by atoms with Crippen molar-refractivity contribution in [2.24, 2.45) is 5.41 Å². The zero-order valence-electron chi connectivity index (χ0n) is 20.1. The van der Waals surface area contributed by atoms with Crippen molar-refractivity contribution in [3.05, 3.63) is 11.6 Å². The predicted molar refractivity (Wildman–Crippen MR) is 121 cm³/mol. The molecule has 1 N–H and O–H groups in total. The molecule has 174 valence electrons. The fraction of sp³-hybridized carbons (Fsp3) is 0.800. The molecule has 0 aromatic carbocycles. The number of carbonyl (C=O) groups is 3. The number of ether oxygens (including phenoxy) is 1. The lowest BCUT2D eigenvalue weighted by molar-refractivity contribution is -0.171. The van der Waals surface area contributed by atoms with E-state index in [0.717, 1.165) is 19.3 Å². The second-order valence-corrected chi connectivity index (χ2v) is 9.49. The molecule has 0 radical (unpaired) electrons. The van der Waals surface area contributed by atoms with Gasteiger partial charge < -0.3 is 9.84 Å². The second-order valence-electron chi connectivity index (χ2n) is 9.49. The number of carboxylic acid groups (broad SMARTS) is 1. The third kappa shape index (κ3) is 12.1. The first-order valence-electron chi connectivity index (χ1n) is 11.6. The lowest BCUT2D eigenvalue weighted by Gasteiger charge is -2.32. The van der Waals surface area contributed by atoms with Gasteiger partial charge in [0, 0.05) is 6.42 Å². The number of carbonyl (C=O) groups excluding carboxylic acids is 2. The number of ketones is 1. The normalized spacial score (nSPS) is 14.3. The summed E-state index contributed by atoms with van der Waals surface area (Å²) in [6.45, 7) is 11.2. The SMILES string of the molecule is CCCCCC(C)=CCCC(CCCCCCC(=O)O)(C(C)=O)C(=O)OC(C)(C)C. The number of allylic oxidation sites excluding steroid dienone is 2. The van der Waals surface area contributed by atoms with Crippen LogP contribution in [-0.4, -0.2) is 28.4 Å². The maximum absolute atomic E-state index is 13.1. The van der Waals surface area contributed by atoms with Crippen LogP contribution in [0.4, 0.5) is 0 Å². The average molecular weight is 425 g/mol. The zero-order valence-corrected chi connectivity index (χ0v) is 20.1. The number of rotatable bonds is 16. The summed E-state index contributed by atoms with van der Waals surface area (Å²) in [5.41, 5.74) is -0.468. The van der Waals surface area contributed by atoms with Gasteiger partial charge in [0.05, 0.1) is 0 Å². The van der Waals surface area contributed by atoms with Gasteiger partial charge in [0.2, 0.25) is 0 Å². The van der Waals surface area contributed by atoms with E-state index in [1.807, 2.05) is 20.8 Å². The van der Waals surface area contributed by atoms with Gasteiger partial charge in [0.1, 0.15) is 16.8 Å². The number of Topliss-reactive ketones (excluding diaryl/α,β-unsaturated/α-hetero) is 1. The molecule has 0 spiro atoms. The number of carboxylic acids is 1. The van der Waals surface area contributed by atoms with Crippen LogP contribution in [0.1, 0.15) is 119 Å². The monoisotopic (exact) mass is 424 g/mol. The van der Waals surface area contributed by atoms with Gasteiger partial charge in [-0.25, -0.2) is 0 Å². The van der Waals surface area contributed by atoms with E-state index in [2.05, 4.69) is 19.9 Å². The summed E-state index contributed by atoms with van der Waals surface area (Å²) in [5.74, 6) is -1.35. The van der Waals surface area contributed by atoms with E-state index in [1.165, 1.54) is 31.8 Å². The molecule has 0 aromatic heterocycles. The van der Waals surface area contributed by atoms with Crippen LogP contribution >= 0.6 is 0 Å². The largest absolute Gasteiger partial charge is 0.481 e. The summed E-state index contributed by atoms with van der Waals surface area (Å²) < 4.78 is 5.65. The van der Waals surface area contributed by atoms with Crippen LogP contribution in [0.5, 0.6) is 0 Å². The molecule has 0 fully saturated rings. The molecule has 0 aliphatic heterocycles. The summed E-state index contributed by atoms with van der Waals surface area (Å²) in [4.78, 5) is 36.4. The Morgan fingerprint density at radius 1 is 0.867 bits per heavy atom. The highest BCUT2D eigenvalue weighted by Crippen LogP contribution is 2.36. The molecule has 0 aliphatic carbocycles. The highest BCUT2D eigenvalue weighted by molar-refractivity contribution is 6.02. The molecule has 1 atom stereocenters. The van der Waals surface area contributed by atoms with E-state index in [1.54, 1.807) is 0 Å².